The van der Waals surface area contributed by atoms with Gasteiger partial charge >= 0.3 is 0 Å². The van der Waals surface area contributed by atoms with Crippen LogP contribution in [-0.4, -0.2) is 24.9 Å². The van der Waals surface area contributed by atoms with Crippen LogP contribution in [0.1, 0.15) is 48.5 Å². The fourth-order valence-electron chi connectivity index (χ4n) is 3.14. The van der Waals surface area contributed by atoms with Crippen molar-refractivity contribution in [2.45, 2.75) is 42.7 Å². The highest BCUT2D eigenvalue weighted by Crippen LogP contribution is 2.40. The van der Waals surface area contributed by atoms with Crippen molar-refractivity contribution in [1.82, 2.24) is 24.9 Å². The largest absolute Gasteiger partial charge is 0.484 e. The summed E-state index contributed by atoms with van der Waals surface area (Å²) < 4.78 is 13.4. The lowest BCUT2D eigenvalue weighted by Crippen LogP contribution is -2.07. The van der Waals surface area contributed by atoms with E-state index in [1.54, 1.807) is 6.07 Å². The Morgan fingerprint density at radius 1 is 1.13 bits per heavy atom. The highest BCUT2D eigenvalue weighted by atomic mass is 35.5. The maximum atomic E-state index is 6.22. The fourth-order valence-corrected chi connectivity index (χ4v) is 4.25. The molecule has 0 amide bonds. The van der Waals surface area contributed by atoms with E-state index in [-0.39, 0.29) is 11.9 Å². The number of hydrogen-bond acceptors (Lipinski definition) is 7. The fraction of sp³-hybridized carbons (Fsp3) is 0.273. The van der Waals surface area contributed by atoms with Gasteiger partial charge < -0.3 is 9.26 Å². The Labute approximate surface area is 188 Å². The quantitative estimate of drug-likeness (QED) is 0.320. The van der Waals surface area contributed by atoms with Gasteiger partial charge in [0.25, 0.3) is 0 Å². The molecule has 1 fully saturated rings. The van der Waals surface area contributed by atoms with Crippen LogP contribution in [0.15, 0.2) is 64.3 Å². The van der Waals surface area contributed by atoms with Crippen molar-refractivity contribution in [2.24, 2.45) is 0 Å². The summed E-state index contributed by atoms with van der Waals surface area (Å²) >= 11 is 7.74. The molecule has 9 heteroatoms. The molecule has 1 atom stereocenters. The van der Waals surface area contributed by atoms with Crippen molar-refractivity contribution < 1.29 is 9.26 Å². The van der Waals surface area contributed by atoms with Crippen LogP contribution in [-0.2, 0) is 6.61 Å². The zero-order chi connectivity index (χ0) is 21.2. The van der Waals surface area contributed by atoms with Crippen LogP contribution in [0.5, 0.6) is 5.75 Å². The lowest BCUT2D eigenvalue weighted by Gasteiger charge is -2.12. The van der Waals surface area contributed by atoms with E-state index in [4.69, 9.17) is 20.9 Å². The molecule has 1 aliphatic rings. The van der Waals surface area contributed by atoms with Crippen LogP contribution in [0.25, 0.3) is 5.69 Å². The van der Waals surface area contributed by atoms with Gasteiger partial charge in [-0.1, -0.05) is 58.9 Å². The third kappa shape index (κ3) is 4.45. The molecule has 0 radical (unpaired) electrons. The van der Waals surface area contributed by atoms with Gasteiger partial charge in [-0.3, -0.25) is 4.57 Å². The third-order valence-electron chi connectivity index (χ3n) is 4.94. The Morgan fingerprint density at radius 2 is 1.90 bits per heavy atom. The molecule has 0 bridgehead atoms. The third-order valence-corrected chi connectivity index (χ3v) is 6.28. The summed E-state index contributed by atoms with van der Waals surface area (Å²) in [6, 6.07) is 17.3. The van der Waals surface area contributed by atoms with Gasteiger partial charge in [-0.25, -0.2) is 0 Å². The van der Waals surface area contributed by atoms with Gasteiger partial charge in [0, 0.05) is 11.6 Å². The number of aromatic nitrogens is 5. The van der Waals surface area contributed by atoms with Crippen LogP contribution in [0.2, 0.25) is 5.02 Å². The first-order valence-electron chi connectivity index (χ1n) is 10.1. The Hall–Kier alpha value is -2.84. The number of hydrogen-bond donors (Lipinski definition) is 0. The van der Waals surface area contributed by atoms with Crippen molar-refractivity contribution in [3.63, 3.8) is 0 Å². The first-order valence-corrected chi connectivity index (χ1v) is 11.3. The van der Waals surface area contributed by atoms with Gasteiger partial charge in [0.15, 0.2) is 16.8 Å². The van der Waals surface area contributed by atoms with Crippen molar-refractivity contribution in [3.8, 4) is 11.4 Å². The number of halogens is 1. The standard InChI is InChI=1S/C22H20ClN5O2S/c1-14(21-24-20(27-30-21)15-11-12-15)31-22-26-25-19(28(22)16-7-3-2-4-8-16)13-29-18-10-6-5-9-17(18)23/h2-10,14-15H,11-13H2,1H3/t14-/m0/s1. The highest BCUT2D eigenvalue weighted by Gasteiger charge is 2.30. The van der Waals surface area contributed by atoms with Crippen LogP contribution in [0.3, 0.4) is 0 Å². The molecule has 0 unspecified atom stereocenters. The monoisotopic (exact) mass is 453 g/mol. The van der Waals surface area contributed by atoms with Gasteiger partial charge in [0.1, 0.15) is 12.4 Å². The Kier molecular flexibility index (Phi) is 5.65. The van der Waals surface area contributed by atoms with Crippen LogP contribution in [0.4, 0.5) is 0 Å². The first-order chi connectivity index (χ1) is 15.2. The van der Waals surface area contributed by atoms with E-state index in [9.17, 15) is 0 Å². The van der Waals surface area contributed by atoms with E-state index in [1.807, 2.05) is 60.0 Å². The SMILES string of the molecule is C[C@H](Sc1nnc(COc2ccccc2Cl)n1-c1ccccc1)c1nc(C2CC2)no1. The van der Waals surface area contributed by atoms with Crippen molar-refractivity contribution in [1.29, 1.82) is 0 Å². The lowest BCUT2D eigenvalue weighted by atomic mass is 10.3. The molecular formula is C22H20ClN5O2S. The summed E-state index contributed by atoms with van der Waals surface area (Å²) in [5, 5.41) is 14.1. The summed E-state index contributed by atoms with van der Waals surface area (Å²) in [7, 11) is 0. The minimum Gasteiger partial charge on any atom is -0.484 e. The number of rotatable bonds is 8. The molecular weight excluding hydrogens is 434 g/mol. The van der Waals surface area contributed by atoms with Crippen LogP contribution < -0.4 is 4.74 Å². The van der Waals surface area contributed by atoms with Crippen molar-refractivity contribution in [3.05, 3.63) is 77.2 Å². The predicted molar refractivity (Wildman–Crippen MR) is 118 cm³/mol. The molecule has 0 N–H and O–H groups in total. The van der Waals surface area contributed by atoms with Crippen LogP contribution in [0, 0.1) is 0 Å². The number of ether oxygens (including phenoxy) is 1. The maximum absolute atomic E-state index is 6.22. The normalized spacial score (nSPS) is 14.5. The zero-order valence-electron chi connectivity index (χ0n) is 16.8. The summed E-state index contributed by atoms with van der Waals surface area (Å²) in [5.41, 5.74) is 0.948. The van der Waals surface area contributed by atoms with Crippen molar-refractivity contribution in [2.75, 3.05) is 0 Å². The van der Waals surface area contributed by atoms with Gasteiger partial charge in [-0.15, -0.1) is 10.2 Å². The van der Waals surface area contributed by atoms with Gasteiger partial charge in [-0.05, 0) is 44.0 Å². The Morgan fingerprint density at radius 3 is 2.68 bits per heavy atom. The Balaban J connectivity index is 1.40. The van der Waals surface area contributed by atoms with Gasteiger partial charge in [-0.2, -0.15) is 4.98 Å². The van der Waals surface area contributed by atoms with E-state index in [0.29, 0.717) is 28.4 Å². The summed E-state index contributed by atoms with van der Waals surface area (Å²) in [5.74, 6) is 3.14. The van der Waals surface area contributed by atoms with Crippen molar-refractivity contribution >= 4 is 23.4 Å². The highest BCUT2D eigenvalue weighted by molar-refractivity contribution is 7.99. The van der Waals surface area contributed by atoms with Gasteiger partial charge in [0.2, 0.25) is 5.89 Å². The average molecular weight is 454 g/mol. The minimum absolute atomic E-state index is 0.0657. The molecule has 0 spiro atoms. The second-order valence-corrected chi connectivity index (χ2v) is 9.03. The number of para-hydroxylation sites is 2. The number of benzene rings is 2. The average Bonchev–Trinajstić information content (AvgIpc) is 3.38. The first kappa shape index (κ1) is 20.1. The molecule has 7 nitrogen and oxygen atoms in total. The van der Waals surface area contributed by atoms with Crippen LogP contribution >= 0.6 is 23.4 Å². The molecule has 2 aromatic carbocycles. The maximum Gasteiger partial charge on any atom is 0.239 e. The van der Waals surface area contributed by atoms with E-state index < -0.39 is 0 Å². The van der Waals surface area contributed by atoms with E-state index in [0.717, 1.165) is 29.5 Å². The number of nitrogens with zero attached hydrogens (tertiary/aromatic N) is 5. The molecule has 0 aliphatic heterocycles. The minimum atomic E-state index is -0.0657. The molecule has 0 saturated heterocycles. The smallest absolute Gasteiger partial charge is 0.239 e. The van der Waals surface area contributed by atoms with Gasteiger partial charge in [0.05, 0.1) is 10.3 Å². The molecule has 31 heavy (non-hydrogen) atoms. The second-order valence-electron chi connectivity index (χ2n) is 7.31. The summed E-state index contributed by atoms with van der Waals surface area (Å²) in [4.78, 5) is 4.57. The predicted octanol–water partition coefficient (Wildman–Crippen LogP) is 5.61. The molecule has 1 aliphatic carbocycles. The summed E-state index contributed by atoms with van der Waals surface area (Å²) in [6.07, 6.45) is 2.27. The Bertz CT molecular complexity index is 1180. The molecule has 4 aromatic rings. The summed E-state index contributed by atoms with van der Waals surface area (Å²) in [6.45, 7) is 2.26. The molecule has 158 valence electrons. The zero-order valence-corrected chi connectivity index (χ0v) is 18.4. The molecule has 5 rings (SSSR count). The number of thioether (sulfide) groups is 1. The second kappa shape index (κ2) is 8.72. The molecule has 1 saturated carbocycles. The molecule has 2 aromatic heterocycles. The van der Waals surface area contributed by atoms with E-state index in [1.165, 1.54) is 11.8 Å². The topological polar surface area (TPSA) is 78.9 Å². The van der Waals surface area contributed by atoms with E-state index >= 15 is 0 Å². The van der Waals surface area contributed by atoms with E-state index in [2.05, 4.69) is 20.3 Å². The molecule has 2 heterocycles. The lowest BCUT2D eigenvalue weighted by molar-refractivity contribution is 0.293.